The highest BCUT2D eigenvalue weighted by Gasteiger charge is 2.20. The van der Waals surface area contributed by atoms with E-state index in [9.17, 15) is 0 Å². The smallest absolute Gasteiger partial charge is 0.0948 e. The summed E-state index contributed by atoms with van der Waals surface area (Å²) >= 11 is 6.21. The van der Waals surface area contributed by atoms with Crippen LogP contribution in [0, 0.1) is 5.92 Å². The molecule has 1 saturated carbocycles. The number of nitrogens with zero attached hydrogens (tertiary/aromatic N) is 1. The van der Waals surface area contributed by atoms with E-state index >= 15 is 0 Å². The van der Waals surface area contributed by atoms with Crippen molar-refractivity contribution < 1.29 is 0 Å². The zero-order valence-electron chi connectivity index (χ0n) is 11.2. The van der Waals surface area contributed by atoms with E-state index in [1.165, 1.54) is 25.7 Å². The highest BCUT2D eigenvalue weighted by Crippen LogP contribution is 2.32. The highest BCUT2D eigenvalue weighted by molar-refractivity contribution is 6.35. The molecule has 3 rings (SSSR count). The largest absolute Gasteiger partial charge is 0.381 e. The number of halogens is 1. The Bertz CT molecular complexity index is 578. The van der Waals surface area contributed by atoms with Crippen LogP contribution >= 0.6 is 11.6 Å². The van der Waals surface area contributed by atoms with Gasteiger partial charge in [0.15, 0.2) is 0 Å². The first kappa shape index (κ1) is 12.7. The third kappa shape index (κ3) is 2.69. The summed E-state index contributed by atoms with van der Waals surface area (Å²) in [5, 5.41) is 5.37. The minimum Gasteiger partial charge on any atom is -0.381 e. The van der Waals surface area contributed by atoms with Crippen LogP contribution in [0.4, 0.5) is 5.69 Å². The van der Waals surface area contributed by atoms with Crippen LogP contribution in [0.2, 0.25) is 5.02 Å². The van der Waals surface area contributed by atoms with Gasteiger partial charge in [-0.05, 0) is 43.5 Å². The van der Waals surface area contributed by atoms with E-state index in [4.69, 9.17) is 11.6 Å². The molecular weight excluding hydrogens is 256 g/mol. The van der Waals surface area contributed by atoms with E-state index < -0.39 is 0 Å². The number of anilines is 1. The van der Waals surface area contributed by atoms with Crippen molar-refractivity contribution in [1.29, 1.82) is 0 Å². The molecular formula is C16H19ClN2. The summed E-state index contributed by atoms with van der Waals surface area (Å²) < 4.78 is 0. The van der Waals surface area contributed by atoms with Crippen molar-refractivity contribution in [2.75, 3.05) is 5.32 Å². The van der Waals surface area contributed by atoms with Crippen LogP contribution < -0.4 is 5.32 Å². The Kier molecular flexibility index (Phi) is 3.61. The van der Waals surface area contributed by atoms with Crippen LogP contribution in [0.25, 0.3) is 10.9 Å². The Balaban J connectivity index is 1.82. The van der Waals surface area contributed by atoms with E-state index in [1.807, 2.05) is 30.5 Å². The van der Waals surface area contributed by atoms with Gasteiger partial charge in [-0.1, -0.05) is 30.9 Å². The number of aromatic nitrogens is 1. The summed E-state index contributed by atoms with van der Waals surface area (Å²) in [5.41, 5.74) is 2.06. The number of hydrogen-bond donors (Lipinski definition) is 1. The van der Waals surface area contributed by atoms with Gasteiger partial charge in [-0.25, -0.2) is 0 Å². The first-order chi connectivity index (χ1) is 9.24. The third-order valence-electron chi connectivity index (χ3n) is 4.03. The van der Waals surface area contributed by atoms with Crippen molar-refractivity contribution >= 4 is 28.2 Å². The lowest BCUT2D eigenvalue weighted by molar-refractivity contribution is 0.286. The van der Waals surface area contributed by atoms with E-state index in [0.29, 0.717) is 6.04 Å². The average molecular weight is 275 g/mol. The predicted octanol–water partition coefficient (Wildman–Crippen LogP) is 4.88. The second-order valence-corrected chi connectivity index (χ2v) is 5.98. The lowest BCUT2D eigenvalue weighted by Gasteiger charge is -2.29. The summed E-state index contributed by atoms with van der Waals surface area (Å²) in [6.07, 6.45) is 7.26. The third-order valence-corrected chi connectivity index (χ3v) is 4.36. The molecule has 2 nitrogen and oxygen atoms in total. The molecule has 1 aromatic carbocycles. The van der Waals surface area contributed by atoms with Crippen molar-refractivity contribution in [3.05, 3.63) is 35.5 Å². The number of hydrogen-bond acceptors (Lipinski definition) is 2. The van der Waals surface area contributed by atoms with Gasteiger partial charge in [0.05, 0.1) is 16.2 Å². The van der Waals surface area contributed by atoms with Crippen LogP contribution in [0.3, 0.4) is 0 Å². The van der Waals surface area contributed by atoms with E-state index in [-0.39, 0.29) is 0 Å². The van der Waals surface area contributed by atoms with Crippen LogP contribution in [-0.2, 0) is 0 Å². The molecule has 0 amide bonds. The van der Waals surface area contributed by atoms with Crippen molar-refractivity contribution in [3.63, 3.8) is 0 Å². The Morgan fingerprint density at radius 1 is 1.37 bits per heavy atom. The predicted molar refractivity (Wildman–Crippen MR) is 81.8 cm³/mol. The molecule has 0 saturated heterocycles. The van der Waals surface area contributed by atoms with Crippen molar-refractivity contribution in [1.82, 2.24) is 4.98 Å². The first-order valence-corrected chi connectivity index (χ1v) is 7.41. The number of pyridine rings is 1. The zero-order valence-corrected chi connectivity index (χ0v) is 12.0. The average Bonchev–Trinajstić information content (AvgIpc) is 2.38. The van der Waals surface area contributed by atoms with Crippen LogP contribution in [0.1, 0.15) is 32.6 Å². The molecule has 0 aliphatic heterocycles. The van der Waals surface area contributed by atoms with Crippen LogP contribution in [0.15, 0.2) is 30.5 Å². The number of rotatable bonds is 4. The molecule has 1 N–H and O–H groups in total. The van der Waals surface area contributed by atoms with Gasteiger partial charge < -0.3 is 5.32 Å². The molecule has 1 fully saturated rings. The summed E-state index contributed by atoms with van der Waals surface area (Å²) in [6.45, 7) is 2.25. The molecule has 3 heteroatoms. The lowest BCUT2D eigenvalue weighted by atomic mass is 9.81. The standard InChI is InChI=1S/C16H19ClN2/c1-11(10-12-4-2-5-12)19-15-8-7-14(17)13-6-3-9-18-16(13)15/h3,6-9,11-12,19H,2,4-5,10H2,1H3. The Morgan fingerprint density at radius 2 is 2.21 bits per heavy atom. The van der Waals surface area contributed by atoms with Crippen LogP contribution in [0.5, 0.6) is 0 Å². The molecule has 2 aromatic rings. The molecule has 1 unspecified atom stereocenters. The molecule has 1 heterocycles. The first-order valence-electron chi connectivity index (χ1n) is 7.04. The van der Waals surface area contributed by atoms with E-state index in [0.717, 1.165) is 27.5 Å². The molecule has 1 aliphatic carbocycles. The molecule has 100 valence electrons. The zero-order chi connectivity index (χ0) is 13.2. The normalized spacial score (nSPS) is 17.2. The van der Waals surface area contributed by atoms with Gasteiger partial charge in [0, 0.05) is 17.6 Å². The highest BCUT2D eigenvalue weighted by atomic mass is 35.5. The Labute approximate surface area is 119 Å². The van der Waals surface area contributed by atoms with Gasteiger partial charge >= 0.3 is 0 Å². The van der Waals surface area contributed by atoms with Gasteiger partial charge in [0.25, 0.3) is 0 Å². The van der Waals surface area contributed by atoms with Crippen molar-refractivity contribution in [3.8, 4) is 0 Å². The fraction of sp³-hybridized carbons (Fsp3) is 0.438. The summed E-state index contributed by atoms with van der Waals surface area (Å²) in [5.74, 6) is 0.911. The number of fused-ring (bicyclic) bond motifs is 1. The van der Waals surface area contributed by atoms with E-state index in [1.54, 1.807) is 0 Å². The second kappa shape index (κ2) is 5.38. The molecule has 19 heavy (non-hydrogen) atoms. The minimum atomic E-state index is 0.483. The molecule has 1 atom stereocenters. The van der Waals surface area contributed by atoms with Crippen molar-refractivity contribution in [2.24, 2.45) is 5.92 Å². The summed E-state index contributed by atoms with van der Waals surface area (Å²) in [7, 11) is 0. The SMILES string of the molecule is CC(CC1CCC1)Nc1ccc(Cl)c2cccnc12. The Morgan fingerprint density at radius 3 is 2.95 bits per heavy atom. The molecule has 1 aliphatic rings. The van der Waals surface area contributed by atoms with Crippen molar-refractivity contribution in [2.45, 2.75) is 38.6 Å². The molecule has 0 radical (unpaired) electrons. The summed E-state index contributed by atoms with van der Waals surface area (Å²) in [6, 6.07) is 8.41. The van der Waals surface area contributed by atoms with Gasteiger partial charge in [-0.3, -0.25) is 4.98 Å². The van der Waals surface area contributed by atoms with Gasteiger partial charge in [-0.2, -0.15) is 0 Å². The quantitative estimate of drug-likeness (QED) is 0.860. The number of benzene rings is 1. The fourth-order valence-corrected chi connectivity index (χ4v) is 3.02. The minimum absolute atomic E-state index is 0.483. The maximum atomic E-state index is 6.21. The Hall–Kier alpha value is -1.28. The molecule has 0 bridgehead atoms. The lowest BCUT2D eigenvalue weighted by Crippen LogP contribution is -2.23. The molecule has 0 spiro atoms. The maximum Gasteiger partial charge on any atom is 0.0948 e. The molecule has 1 aromatic heterocycles. The summed E-state index contributed by atoms with van der Waals surface area (Å²) in [4.78, 5) is 4.46. The van der Waals surface area contributed by atoms with E-state index in [2.05, 4.69) is 17.2 Å². The number of nitrogens with one attached hydrogen (secondary N) is 1. The maximum absolute atomic E-state index is 6.21. The fourth-order valence-electron chi connectivity index (χ4n) is 2.81. The monoisotopic (exact) mass is 274 g/mol. The topological polar surface area (TPSA) is 24.9 Å². The van der Waals surface area contributed by atoms with Gasteiger partial charge in [0.2, 0.25) is 0 Å². The van der Waals surface area contributed by atoms with Gasteiger partial charge in [-0.15, -0.1) is 0 Å². The van der Waals surface area contributed by atoms with Crippen LogP contribution in [-0.4, -0.2) is 11.0 Å². The second-order valence-electron chi connectivity index (χ2n) is 5.57. The van der Waals surface area contributed by atoms with Gasteiger partial charge in [0.1, 0.15) is 0 Å².